The molecule has 2 N–H and O–H groups in total. The molecule has 3 aliphatic heterocycles. The summed E-state index contributed by atoms with van der Waals surface area (Å²) in [7, 11) is -3.16. The van der Waals surface area contributed by atoms with Gasteiger partial charge >= 0.3 is 0 Å². The predicted molar refractivity (Wildman–Crippen MR) is 127 cm³/mol. The lowest BCUT2D eigenvalue weighted by Crippen LogP contribution is -2.49. The van der Waals surface area contributed by atoms with Gasteiger partial charge in [0, 0.05) is 31.7 Å². The smallest absolute Gasteiger partial charge is 0.216 e. The third-order valence-electron chi connectivity index (χ3n) is 8.67. The van der Waals surface area contributed by atoms with Crippen molar-refractivity contribution < 1.29 is 17.5 Å². The van der Waals surface area contributed by atoms with E-state index < -0.39 is 10.0 Å². The van der Waals surface area contributed by atoms with Crippen molar-refractivity contribution in [1.82, 2.24) is 9.21 Å². The molecular formula is C25H38FN3O3S. The van der Waals surface area contributed by atoms with Crippen LogP contribution in [0, 0.1) is 11.2 Å². The molecule has 1 aliphatic carbocycles. The van der Waals surface area contributed by atoms with Gasteiger partial charge in [0.1, 0.15) is 5.82 Å². The van der Waals surface area contributed by atoms with Crippen molar-refractivity contribution in [3.8, 4) is 0 Å². The van der Waals surface area contributed by atoms with Gasteiger partial charge in [0.2, 0.25) is 10.0 Å². The largest absolute Gasteiger partial charge is 0.370 e. The number of nitrogens with zero attached hydrogens (tertiary/aromatic N) is 2. The molecule has 8 heteroatoms. The SMILES string of the molecule is CCc1ccc(F)cc1C1OCC(N2CCC3(CCN(S(=O)(=O)C4CCCC4)C3)C2)CC1N. The maximum absolute atomic E-state index is 13.9. The molecule has 1 aromatic rings. The summed E-state index contributed by atoms with van der Waals surface area (Å²) >= 11 is 0. The van der Waals surface area contributed by atoms with E-state index >= 15 is 0 Å². The Labute approximate surface area is 197 Å². The van der Waals surface area contributed by atoms with E-state index in [1.807, 2.05) is 6.07 Å². The van der Waals surface area contributed by atoms with Gasteiger partial charge in [-0.2, -0.15) is 0 Å². The fraction of sp³-hybridized carbons (Fsp3) is 0.760. The van der Waals surface area contributed by atoms with Crippen LogP contribution < -0.4 is 5.73 Å². The van der Waals surface area contributed by atoms with Crippen molar-refractivity contribution in [2.75, 3.05) is 32.8 Å². The highest BCUT2D eigenvalue weighted by Crippen LogP contribution is 2.44. The van der Waals surface area contributed by atoms with Crippen LogP contribution >= 0.6 is 0 Å². The highest BCUT2D eigenvalue weighted by Gasteiger charge is 2.49. The molecule has 1 spiro atoms. The summed E-state index contributed by atoms with van der Waals surface area (Å²) < 4.78 is 48.2. The monoisotopic (exact) mass is 479 g/mol. The van der Waals surface area contributed by atoms with Crippen molar-refractivity contribution in [3.05, 3.63) is 35.1 Å². The Kier molecular flexibility index (Phi) is 6.59. The lowest BCUT2D eigenvalue weighted by Gasteiger charge is -2.39. The second-order valence-electron chi connectivity index (χ2n) is 10.8. The normalized spacial score (nSPS) is 34.6. The molecule has 0 amide bonds. The first-order chi connectivity index (χ1) is 15.8. The van der Waals surface area contributed by atoms with Crippen molar-refractivity contribution in [2.45, 2.75) is 81.7 Å². The maximum atomic E-state index is 13.9. The molecule has 33 heavy (non-hydrogen) atoms. The molecule has 0 radical (unpaired) electrons. The third-order valence-corrected chi connectivity index (χ3v) is 11.0. The molecule has 4 unspecified atom stereocenters. The van der Waals surface area contributed by atoms with Crippen LogP contribution in [-0.2, 0) is 21.2 Å². The van der Waals surface area contributed by atoms with E-state index in [1.54, 1.807) is 10.4 Å². The second kappa shape index (κ2) is 9.19. The molecule has 0 aromatic heterocycles. The van der Waals surface area contributed by atoms with Crippen molar-refractivity contribution in [3.63, 3.8) is 0 Å². The molecule has 3 heterocycles. The van der Waals surface area contributed by atoms with Crippen LogP contribution in [0.1, 0.15) is 69.1 Å². The van der Waals surface area contributed by atoms with Crippen LogP contribution in [0.25, 0.3) is 0 Å². The topological polar surface area (TPSA) is 75.9 Å². The van der Waals surface area contributed by atoms with Gasteiger partial charge in [-0.05, 0) is 73.7 Å². The van der Waals surface area contributed by atoms with E-state index in [0.717, 1.165) is 75.6 Å². The van der Waals surface area contributed by atoms with Gasteiger partial charge in [-0.25, -0.2) is 17.1 Å². The summed E-state index contributed by atoms with van der Waals surface area (Å²) in [6, 6.07) is 4.96. The standard InChI is InChI=1S/C25H38FN3O3S/c1-2-18-7-8-19(26)13-22(18)24-23(27)14-20(15-32-24)28-11-9-25(16-28)10-12-29(17-25)33(30,31)21-5-3-4-6-21/h7-8,13,20-21,23-24H,2-6,9-12,14-17,27H2,1H3. The van der Waals surface area contributed by atoms with Gasteiger partial charge in [-0.15, -0.1) is 0 Å². The number of nitrogens with two attached hydrogens (primary N) is 1. The summed E-state index contributed by atoms with van der Waals surface area (Å²) in [6.45, 7) is 5.84. The molecule has 0 bridgehead atoms. The number of ether oxygens (including phenoxy) is 1. The van der Waals surface area contributed by atoms with Crippen LogP contribution in [0.5, 0.6) is 0 Å². The van der Waals surface area contributed by atoms with Gasteiger partial charge in [0.25, 0.3) is 0 Å². The van der Waals surface area contributed by atoms with Crippen LogP contribution in [0.4, 0.5) is 4.39 Å². The minimum absolute atomic E-state index is 0.0601. The first-order valence-electron chi connectivity index (χ1n) is 12.7. The van der Waals surface area contributed by atoms with Crippen LogP contribution in [0.3, 0.4) is 0 Å². The van der Waals surface area contributed by atoms with Crippen LogP contribution in [0.15, 0.2) is 18.2 Å². The molecule has 6 nitrogen and oxygen atoms in total. The van der Waals surface area contributed by atoms with Gasteiger partial charge in [-0.1, -0.05) is 25.8 Å². The first kappa shape index (κ1) is 23.7. The number of hydrogen-bond acceptors (Lipinski definition) is 5. The zero-order valence-corrected chi connectivity index (χ0v) is 20.5. The Morgan fingerprint density at radius 3 is 2.67 bits per heavy atom. The third kappa shape index (κ3) is 4.49. The average molecular weight is 480 g/mol. The molecule has 4 fully saturated rings. The van der Waals surface area contributed by atoms with Crippen LogP contribution in [0.2, 0.25) is 0 Å². The highest BCUT2D eigenvalue weighted by molar-refractivity contribution is 7.89. The Bertz CT molecular complexity index is 968. The van der Waals surface area contributed by atoms with E-state index in [9.17, 15) is 12.8 Å². The lowest BCUT2D eigenvalue weighted by atomic mass is 9.86. The average Bonchev–Trinajstić information content (AvgIpc) is 3.56. The van der Waals surface area contributed by atoms with E-state index in [-0.39, 0.29) is 34.7 Å². The highest BCUT2D eigenvalue weighted by atomic mass is 32.2. The number of halogens is 1. The minimum atomic E-state index is -3.16. The Balaban J connectivity index is 1.21. The first-order valence-corrected chi connectivity index (χ1v) is 14.2. The van der Waals surface area contributed by atoms with E-state index in [1.165, 1.54) is 6.07 Å². The summed E-state index contributed by atoms with van der Waals surface area (Å²) in [5, 5.41) is -0.164. The van der Waals surface area contributed by atoms with Crippen molar-refractivity contribution in [2.24, 2.45) is 11.1 Å². The van der Waals surface area contributed by atoms with Gasteiger partial charge < -0.3 is 10.5 Å². The van der Waals surface area contributed by atoms with E-state index in [2.05, 4.69) is 11.8 Å². The van der Waals surface area contributed by atoms with Gasteiger partial charge in [-0.3, -0.25) is 4.90 Å². The van der Waals surface area contributed by atoms with Crippen LogP contribution in [-0.4, -0.2) is 67.7 Å². The Morgan fingerprint density at radius 1 is 1.18 bits per heavy atom. The lowest BCUT2D eigenvalue weighted by molar-refractivity contribution is -0.0477. The fourth-order valence-corrected chi connectivity index (χ4v) is 8.84. The van der Waals surface area contributed by atoms with Crippen molar-refractivity contribution >= 4 is 10.0 Å². The Hall–Kier alpha value is -1.06. The van der Waals surface area contributed by atoms with Gasteiger partial charge in [0.15, 0.2) is 0 Å². The summed E-state index contributed by atoms with van der Waals surface area (Å²) in [4.78, 5) is 2.47. The fourth-order valence-electron chi connectivity index (χ4n) is 6.69. The molecule has 1 saturated carbocycles. The number of sulfonamides is 1. The quantitative estimate of drug-likeness (QED) is 0.702. The molecule has 184 valence electrons. The predicted octanol–water partition coefficient (Wildman–Crippen LogP) is 3.22. The van der Waals surface area contributed by atoms with Gasteiger partial charge in [0.05, 0.1) is 18.0 Å². The number of aryl methyl sites for hydroxylation is 1. The zero-order valence-electron chi connectivity index (χ0n) is 19.7. The molecule has 3 saturated heterocycles. The molecular weight excluding hydrogens is 441 g/mol. The summed E-state index contributed by atoms with van der Waals surface area (Å²) in [6.07, 6.45) is 7.05. The summed E-state index contributed by atoms with van der Waals surface area (Å²) in [5.41, 5.74) is 8.60. The Morgan fingerprint density at radius 2 is 1.94 bits per heavy atom. The molecule has 4 atom stereocenters. The minimum Gasteiger partial charge on any atom is -0.370 e. The van der Waals surface area contributed by atoms with E-state index in [4.69, 9.17) is 10.5 Å². The zero-order chi connectivity index (χ0) is 23.2. The number of hydrogen-bond donors (Lipinski definition) is 1. The second-order valence-corrected chi connectivity index (χ2v) is 13.0. The summed E-state index contributed by atoms with van der Waals surface area (Å²) in [5.74, 6) is -0.250. The molecule has 5 rings (SSSR count). The van der Waals surface area contributed by atoms with Crippen molar-refractivity contribution in [1.29, 1.82) is 0 Å². The number of likely N-dealkylation sites (tertiary alicyclic amines) is 1. The van der Waals surface area contributed by atoms with E-state index in [0.29, 0.717) is 19.7 Å². The molecule has 4 aliphatic rings. The molecule has 1 aromatic carbocycles. The maximum Gasteiger partial charge on any atom is 0.216 e. The number of benzene rings is 1. The number of rotatable bonds is 5.